The Hall–Kier alpha value is -0.750. The molecule has 0 spiro atoms. The monoisotopic (exact) mass is 212 g/mol. The van der Waals surface area contributed by atoms with Crippen LogP contribution in [-0.4, -0.2) is 32.1 Å². The molecule has 0 radical (unpaired) electrons. The van der Waals surface area contributed by atoms with Gasteiger partial charge >= 0.3 is 0 Å². The van der Waals surface area contributed by atoms with Crippen LogP contribution >= 0.6 is 23.5 Å². The summed E-state index contributed by atoms with van der Waals surface area (Å²) in [6, 6.07) is 0. The van der Waals surface area contributed by atoms with Crippen LogP contribution in [0.25, 0.3) is 5.65 Å². The van der Waals surface area contributed by atoms with E-state index in [1.165, 1.54) is 11.8 Å². The number of hydrogen-bond donors (Lipinski definition) is 0. The molecule has 0 aliphatic rings. The largest absolute Gasteiger partial charge is 0.233 e. The molecule has 0 N–H and O–H groups in total. The lowest BCUT2D eigenvalue weighted by molar-refractivity contribution is 0.756. The van der Waals surface area contributed by atoms with Crippen LogP contribution in [0, 0.1) is 0 Å². The van der Waals surface area contributed by atoms with Crippen LogP contribution in [-0.2, 0) is 0 Å². The molecule has 0 aliphatic carbocycles. The molecule has 2 aromatic rings. The van der Waals surface area contributed by atoms with Gasteiger partial charge in [0.2, 0.25) is 5.16 Å². The smallest absolute Gasteiger partial charge is 0.208 e. The first-order valence-corrected chi connectivity index (χ1v) is 6.09. The molecule has 2 rings (SSSR count). The third-order valence-corrected chi connectivity index (χ3v) is 2.78. The van der Waals surface area contributed by atoms with E-state index in [1.54, 1.807) is 22.5 Å². The number of fused-ring (bicyclic) bond motifs is 1. The van der Waals surface area contributed by atoms with E-state index in [9.17, 15) is 0 Å². The molecule has 0 saturated carbocycles. The summed E-state index contributed by atoms with van der Waals surface area (Å²) in [5.74, 6) is 0. The van der Waals surface area contributed by atoms with E-state index < -0.39 is 0 Å². The third kappa shape index (κ3) is 1.51. The number of imidazole rings is 1. The van der Waals surface area contributed by atoms with E-state index in [2.05, 4.69) is 15.1 Å². The number of rotatable bonds is 2. The van der Waals surface area contributed by atoms with Crippen LogP contribution < -0.4 is 0 Å². The molecule has 0 bridgehead atoms. The van der Waals surface area contributed by atoms with Gasteiger partial charge in [-0.2, -0.15) is 0 Å². The topological polar surface area (TPSA) is 43.1 Å². The minimum atomic E-state index is 0.773. The Labute approximate surface area is 84.2 Å². The number of aromatic nitrogens is 4. The number of nitrogens with zero attached hydrogens (tertiary/aromatic N) is 4. The quantitative estimate of drug-likeness (QED) is 0.707. The zero-order valence-electron chi connectivity index (χ0n) is 7.26. The molecule has 0 aliphatic heterocycles. The van der Waals surface area contributed by atoms with E-state index in [0.717, 1.165) is 15.8 Å². The second-order valence-corrected chi connectivity index (χ2v) is 3.87. The number of thioether (sulfide) groups is 2. The molecular weight excluding hydrogens is 204 g/mol. The third-order valence-electron chi connectivity index (χ3n) is 1.58. The summed E-state index contributed by atoms with van der Waals surface area (Å²) < 4.78 is 1.75. The summed E-state index contributed by atoms with van der Waals surface area (Å²) in [4.78, 5) is 8.51. The van der Waals surface area contributed by atoms with Crippen molar-refractivity contribution in [3.63, 3.8) is 0 Å². The van der Waals surface area contributed by atoms with Gasteiger partial charge in [0.1, 0.15) is 5.03 Å². The van der Waals surface area contributed by atoms with Gasteiger partial charge in [0.25, 0.3) is 0 Å². The lowest BCUT2D eigenvalue weighted by atomic mass is 10.8. The maximum absolute atomic E-state index is 4.34. The van der Waals surface area contributed by atoms with Gasteiger partial charge in [-0.1, -0.05) is 11.8 Å². The Morgan fingerprint density at radius 3 is 2.85 bits per heavy atom. The average Bonchev–Trinajstić information content (AvgIpc) is 2.63. The maximum atomic E-state index is 4.34. The molecule has 0 unspecified atom stereocenters. The standard InChI is InChI=1S/C7H8N4S2/c1-12-6-5-8-3-4-11(5)10-7(9-6)13-2/h3-4H,1-2H3. The molecule has 0 amide bonds. The zero-order valence-corrected chi connectivity index (χ0v) is 8.89. The molecular formula is C7H8N4S2. The molecule has 4 nitrogen and oxygen atoms in total. The van der Waals surface area contributed by atoms with Crippen molar-refractivity contribution in [2.45, 2.75) is 10.2 Å². The average molecular weight is 212 g/mol. The highest BCUT2D eigenvalue weighted by molar-refractivity contribution is 7.99. The fourth-order valence-electron chi connectivity index (χ4n) is 1.01. The number of hydrogen-bond acceptors (Lipinski definition) is 5. The Kier molecular flexibility index (Phi) is 2.41. The van der Waals surface area contributed by atoms with Crippen LogP contribution in [0.1, 0.15) is 0 Å². The summed E-state index contributed by atoms with van der Waals surface area (Å²) in [6.07, 6.45) is 7.51. The van der Waals surface area contributed by atoms with Gasteiger partial charge in [-0.15, -0.1) is 16.9 Å². The van der Waals surface area contributed by atoms with Crippen LogP contribution in [0.4, 0.5) is 0 Å². The van der Waals surface area contributed by atoms with Gasteiger partial charge in [-0.25, -0.2) is 14.5 Å². The lowest BCUT2D eigenvalue weighted by Gasteiger charge is -2.00. The normalized spacial score (nSPS) is 10.9. The molecule has 0 fully saturated rings. The van der Waals surface area contributed by atoms with E-state index in [4.69, 9.17) is 0 Å². The maximum Gasteiger partial charge on any atom is 0.208 e. The molecule has 0 atom stereocenters. The lowest BCUT2D eigenvalue weighted by Crippen LogP contribution is -1.98. The van der Waals surface area contributed by atoms with E-state index >= 15 is 0 Å². The van der Waals surface area contributed by atoms with Gasteiger partial charge in [-0.3, -0.25) is 0 Å². The Morgan fingerprint density at radius 2 is 2.15 bits per heavy atom. The molecule has 6 heteroatoms. The summed E-state index contributed by atoms with van der Waals surface area (Å²) in [7, 11) is 0. The molecule has 13 heavy (non-hydrogen) atoms. The van der Waals surface area contributed by atoms with Crippen molar-refractivity contribution in [3.8, 4) is 0 Å². The van der Waals surface area contributed by atoms with E-state index in [1.807, 2.05) is 18.7 Å². The predicted molar refractivity (Wildman–Crippen MR) is 54.3 cm³/mol. The second kappa shape index (κ2) is 3.55. The van der Waals surface area contributed by atoms with Crippen LogP contribution in [0.15, 0.2) is 22.6 Å². The highest BCUT2D eigenvalue weighted by Gasteiger charge is 2.06. The first-order valence-electron chi connectivity index (χ1n) is 3.64. The van der Waals surface area contributed by atoms with E-state index in [-0.39, 0.29) is 0 Å². The first-order chi connectivity index (χ1) is 6.35. The van der Waals surface area contributed by atoms with Gasteiger partial charge in [0, 0.05) is 12.4 Å². The van der Waals surface area contributed by atoms with Crippen molar-refractivity contribution in [2.24, 2.45) is 0 Å². The van der Waals surface area contributed by atoms with Crippen LogP contribution in [0.2, 0.25) is 0 Å². The molecule has 2 aromatic heterocycles. The van der Waals surface area contributed by atoms with Crippen molar-refractivity contribution < 1.29 is 0 Å². The Bertz CT molecular complexity index is 425. The minimum absolute atomic E-state index is 0.773. The summed E-state index contributed by atoms with van der Waals surface area (Å²) in [6.45, 7) is 0. The summed E-state index contributed by atoms with van der Waals surface area (Å²) in [5.41, 5.74) is 0.824. The van der Waals surface area contributed by atoms with Crippen molar-refractivity contribution in [2.75, 3.05) is 12.5 Å². The summed E-state index contributed by atoms with van der Waals surface area (Å²) >= 11 is 3.12. The van der Waals surface area contributed by atoms with Crippen molar-refractivity contribution in [1.29, 1.82) is 0 Å². The molecule has 0 saturated heterocycles. The second-order valence-electron chi connectivity index (χ2n) is 2.30. The SMILES string of the molecule is CSc1nc(SC)c2nccn2n1. The van der Waals surface area contributed by atoms with Crippen LogP contribution in [0.3, 0.4) is 0 Å². The van der Waals surface area contributed by atoms with Gasteiger partial charge in [0.15, 0.2) is 5.65 Å². The van der Waals surface area contributed by atoms with Crippen LogP contribution in [0.5, 0.6) is 0 Å². The van der Waals surface area contributed by atoms with E-state index in [0.29, 0.717) is 0 Å². The highest BCUT2D eigenvalue weighted by atomic mass is 32.2. The predicted octanol–water partition coefficient (Wildman–Crippen LogP) is 1.57. The summed E-state index contributed by atoms with van der Waals surface area (Å²) in [5, 5.41) is 5.95. The van der Waals surface area contributed by atoms with Gasteiger partial charge < -0.3 is 0 Å². The van der Waals surface area contributed by atoms with Crippen molar-refractivity contribution in [3.05, 3.63) is 12.4 Å². The first kappa shape index (κ1) is 8.83. The fraction of sp³-hybridized carbons (Fsp3) is 0.286. The molecule has 2 heterocycles. The molecule has 68 valence electrons. The highest BCUT2D eigenvalue weighted by Crippen LogP contribution is 2.19. The minimum Gasteiger partial charge on any atom is -0.233 e. The zero-order chi connectivity index (χ0) is 9.26. The fourth-order valence-corrected chi connectivity index (χ4v) is 1.92. The van der Waals surface area contributed by atoms with Crippen molar-refractivity contribution >= 4 is 29.2 Å². The Balaban J connectivity index is 2.70. The Morgan fingerprint density at radius 1 is 1.31 bits per heavy atom. The van der Waals surface area contributed by atoms with Crippen molar-refractivity contribution in [1.82, 2.24) is 19.6 Å². The van der Waals surface area contributed by atoms with Gasteiger partial charge in [0.05, 0.1) is 0 Å². The van der Waals surface area contributed by atoms with Gasteiger partial charge in [-0.05, 0) is 12.5 Å². The molecule has 0 aromatic carbocycles.